The van der Waals surface area contributed by atoms with E-state index in [1.165, 1.54) is 12.5 Å². The maximum Gasteiger partial charge on any atom is 0.410 e. The third kappa shape index (κ3) is 5.86. The Morgan fingerprint density at radius 3 is 2.21 bits per heavy atom. The number of nitrogens with zero attached hydrogens (tertiary/aromatic N) is 5. The SMILES string of the molecule is CC.Cc1cc(N2CCC3(CC(=O)N(C)C3)CC2(C)C)nn1C1CC2(C1)CN(C(=O)OC(C)(C)C)C2.[B]C. The molecule has 1 unspecified atom stereocenters. The summed E-state index contributed by atoms with van der Waals surface area (Å²) in [6.45, 7) is 21.4. The average Bonchev–Trinajstić information content (AvgIpc) is 3.25. The van der Waals surface area contributed by atoms with Gasteiger partial charge in [-0.25, -0.2) is 4.79 Å². The van der Waals surface area contributed by atoms with Gasteiger partial charge in [-0.3, -0.25) is 9.48 Å². The number of rotatable bonds is 2. The van der Waals surface area contributed by atoms with E-state index in [-0.39, 0.29) is 28.4 Å². The van der Waals surface area contributed by atoms with E-state index in [1.807, 2.05) is 51.5 Å². The monoisotopic (exact) mass is 527 g/mol. The molecule has 0 bridgehead atoms. The van der Waals surface area contributed by atoms with Gasteiger partial charge in [0.2, 0.25) is 5.91 Å². The van der Waals surface area contributed by atoms with E-state index in [9.17, 15) is 9.59 Å². The maximum atomic E-state index is 12.3. The Bertz CT molecular complexity index is 1000. The number of hydrogen-bond acceptors (Lipinski definition) is 5. The third-order valence-electron chi connectivity index (χ3n) is 8.50. The van der Waals surface area contributed by atoms with Crippen molar-refractivity contribution in [2.75, 3.05) is 38.1 Å². The van der Waals surface area contributed by atoms with Crippen molar-refractivity contribution in [1.29, 1.82) is 0 Å². The maximum absolute atomic E-state index is 12.3. The summed E-state index contributed by atoms with van der Waals surface area (Å²) in [5.74, 6) is 1.34. The van der Waals surface area contributed by atoms with Gasteiger partial charge in [0.25, 0.3) is 0 Å². The van der Waals surface area contributed by atoms with Crippen LogP contribution in [0, 0.1) is 17.8 Å². The molecular formula is C29H50BN5O3. The minimum Gasteiger partial charge on any atom is -0.444 e. The number of aromatic nitrogens is 2. The van der Waals surface area contributed by atoms with Crippen LogP contribution >= 0.6 is 0 Å². The number of carbonyl (C=O) groups is 2. The Morgan fingerprint density at radius 1 is 1.11 bits per heavy atom. The predicted molar refractivity (Wildman–Crippen MR) is 154 cm³/mol. The summed E-state index contributed by atoms with van der Waals surface area (Å²) in [5.41, 5.74) is 1.05. The van der Waals surface area contributed by atoms with Gasteiger partial charge in [-0.2, -0.15) is 5.10 Å². The number of anilines is 1. The smallest absolute Gasteiger partial charge is 0.410 e. The second-order valence-corrected chi connectivity index (χ2v) is 13.3. The van der Waals surface area contributed by atoms with Gasteiger partial charge in [0, 0.05) is 67.8 Å². The molecule has 3 aliphatic heterocycles. The lowest BCUT2D eigenvalue weighted by atomic mass is 9.61. The number of aryl methyl sites for hydroxylation is 1. The molecule has 1 aromatic heterocycles. The van der Waals surface area contributed by atoms with Crippen LogP contribution in [-0.4, -0.2) is 83.8 Å². The van der Waals surface area contributed by atoms with Crippen molar-refractivity contribution in [1.82, 2.24) is 19.6 Å². The third-order valence-corrected chi connectivity index (χ3v) is 8.50. The second kappa shape index (κ2) is 10.8. The Kier molecular flexibility index (Phi) is 8.60. The van der Waals surface area contributed by atoms with Crippen LogP contribution in [0.2, 0.25) is 6.82 Å². The fourth-order valence-corrected chi connectivity index (χ4v) is 7.13. The van der Waals surface area contributed by atoms with Gasteiger partial charge in [0.1, 0.15) is 5.60 Å². The molecule has 0 N–H and O–H groups in total. The zero-order valence-corrected chi connectivity index (χ0v) is 25.6. The molecule has 2 amide bonds. The molecule has 2 spiro atoms. The van der Waals surface area contributed by atoms with Crippen LogP contribution in [0.3, 0.4) is 0 Å². The zero-order chi connectivity index (χ0) is 28.7. The topological polar surface area (TPSA) is 70.9 Å². The van der Waals surface area contributed by atoms with Gasteiger partial charge in [0.05, 0.1) is 13.9 Å². The fourth-order valence-electron chi connectivity index (χ4n) is 7.13. The molecular weight excluding hydrogens is 477 g/mol. The van der Waals surface area contributed by atoms with Gasteiger partial charge in [-0.05, 0) is 67.2 Å². The number of piperidine rings is 1. The van der Waals surface area contributed by atoms with Gasteiger partial charge in [0.15, 0.2) is 5.82 Å². The molecule has 4 fully saturated rings. The highest BCUT2D eigenvalue weighted by atomic mass is 16.6. The molecule has 4 heterocycles. The summed E-state index contributed by atoms with van der Waals surface area (Å²) in [6, 6.07) is 2.62. The van der Waals surface area contributed by atoms with Crippen LogP contribution in [0.4, 0.5) is 10.6 Å². The molecule has 1 saturated carbocycles. The van der Waals surface area contributed by atoms with E-state index < -0.39 is 5.60 Å². The largest absolute Gasteiger partial charge is 0.444 e. The van der Waals surface area contributed by atoms with Crippen LogP contribution in [0.15, 0.2) is 6.07 Å². The molecule has 1 atom stereocenters. The number of ether oxygens (including phenoxy) is 1. The Balaban J connectivity index is 0.000000956. The molecule has 212 valence electrons. The van der Waals surface area contributed by atoms with Gasteiger partial charge < -0.3 is 19.4 Å². The first-order valence-corrected chi connectivity index (χ1v) is 14.3. The lowest BCUT2D eigenvalue weighted by Crippen LogP contribution is -2.64. The van der Waals surface area contributed by atoms with Crippen molar-refractivity contribution >= 4 is 25.7 Å². The zero-order valence-electron chi connectivity index (χ0n) is 25.6. The van der Waals surface area contributed by atoms with Crippen molar-refractivity contribution < 1.29 is 14.3 Å². The van der Waals surface area contributed by atoms with Gasteiger partial charge >= 0.3 is 6.09 Å². The highest BCUT2D eigenvalue weighted by Gasteiger charge is 2.56. The quantitative estimate of drug-likeness (QED) is 0.494. The Morgan fingerprint density at radius 2 is 1.71 bits per heavy atom. The standard InChI is InChI=1S/C26H41N5O3.C2H6.CH3B/c1-18-10-20(30-9-8-25(14-24(30,5)6)13-21(32)28(7)15-25)27-31(18)19-11-26(12-19)16-29(17-26)22(33)34-23(2,3)4;2*1-2/h10,19H,8-9,11-17H2,1-7H3;1-2H3;1H3. The molecule has 5 rings (SSSR count). The molecule has 0 aromatic carbocycles. The van der Waals surface area contributed by atoms with E-state index in [2.05, 4.69) is 44.3 Å². The second-order valence-electron chi connectivity index (χ2n) is 13.3. The lowest BCUT2D eigenvalue weighted by Gasteiger charge is -2.58. The summed E-state index contributed by atoms with van der Waals surface area (Å²) in [5, 5.41) is 5.08. The van der Waals surface area contributed by atoms with Crippen LogP contribution in [0.25, 0.3) is 0 Å². The van der Waals surface area contributed by atoms with E-state index in [0.717, 1.165) is 57.7 Å². The predicted octanol–water partition coefficient (Wildman–Crippen LogP) is 5.22. The molecule has 1 aromatic rings. The normalized spacial score (nSPS) is 25.7. The van der Waals surface area contributed by atoms with Crippen LogP contribution in [0.5, 0.6) is 0 Å². The number of amides is 2. The van der Waals surface area contributed by atoms with E-state index in [0.29, 0.717) is 12.5 Å². The molecule has 3 saturated heterocycles. The molecule has 8 nitrogen and oxygen atoms in total. The summed E-state index contributed by atoms with van der Waals surface area (Å²) >= 11 is 0. The summed E-state index contributed by atoms with van der Waals surface area (Å²) in [7, 11) is 6.43. The minimum atomic E-state index is -0.449. The molecule has 9 heteroatoms. The van der Waals surface area contributed by atoms with Gasteiger partial charge in [-0.1, -0.05) is 20.7 Å². The first-order valence-electron chi connectivity index (χ1n) is 14.3. The molecule has 38 heavy (non-hydrogen) atoms. The average molecular weight is 528 g/mol. The van der Waals surface area contributed by atoms with Crippen molar-refractivity contribution in [3.8, 4) is 0 Å². The number of carbonyl (C=O) groups excluding carboxylic acids is 2. The number of hydrogen-bond donors (Lipinski definition) is 0. The van der Waals surface area contributed by atoms with Crippen molar-refractivity contribution in [3.05, 3.63) is 11.8 Å². The lowest BCUT2D eigenvalue weighted by molar-refractivity contribution is -0.126. The first kappa shape index (κ1) is 30.4. The number of likely N-dealkylation sites (tertiary alicyclic amines) is 2. The summed E-state index contributed by atoms with van der Waals surface area (Å²) in [6.07, 6.45) is 4.66. The van der Waals surface area contributed by atoms with Crippen LogP contribution in [0.1, 0.15) is 92.3 Å². The summed E-state index contributed by atoms with van der Waals surface area (Å²) in [4.78, 5) is 30.7. The molecule has 1 aliphatic carbocycles. The highest BCUT2D eigenvalue weighted by Crippen LogP contribution is 2.55. The Labute approximate surface area is 231 Å². The fraction of sp³-hybridized carbons (Fsp3) is 0.828. The first-order chi connectivity index (χ1) is 17.7. The molecule has 2 radical (unpaired) electrons. The summed E-state index contributed by atoms with van der Waals surface area (Å²) < 4.78 is 7.73. The Hall–Kier alpha value is -2.19. The van der Waals surface area contributed by atoms with E-state index in [1.54, 1.807) is 0 Å². The molecule has 4 aliphatic rings. The van der Waals surface area contributed by atoms with Crippen LogP contribution in [-0.2, 0) is 9.53 Å². The van der Waals surface area contributed by atoms with Crippen LogP contribution < -0.4 is 4.90 Å². The highest BCUT2D eigenvalue weighted by molar-refractivity contribution is 6.05. The van der Waals surface area contributed by atoms with Crippen molar-refractivity contribution in [2.45, 2.75) is 111 Å². The van der Waals surface area contributed by atoms with E-state index in [4.69, 9.17) is 9.84 Å². The van der Waals surface area contributed by atoms with Crippen molar-refractivity contribution in [3.63, 3.8) is 0 Å². The van der Waals surface area contributed by atoms with Gasteiger partial charge in [-0.15, -0.1) is 0 Å². The minimum absolute atomic E-state index is 0.0436. The van der Waals surface area contributed by atoms with Crippen molar-refractivity contribution in [2.24, 2.45) is 10.8 Å². The van der Waals surface area contributed by atoms with E-state index >= 15 is 0 Å².